The normalized spacial score (nSPS) is 19.4. The largest absolute Gasteiger partial charge is 0.208 e. The van der Waals surface area contributed by atoms with Crippen LogP contribution in [0.15, 0.2) is 163 Å². The van der Waals surface area contributed by atoms with Crippen LogP contribution in [0.25, 0.3) is 61.7 Å². The summed E-state index contributed by atoms with van der Waals surface area (Å²) in [5.74, 6) is 2.09. The Balaban J connectivity index is 1.05. The van der Waals surface area contributed by atoms with Crippen molar-refractivity contribution in [1.29, 1.82) is 0 Å². The third-order valence-corrected chi connectivity index (χ3v) is 12.7. The average Bonchev–Trinajstić information content (AvgIpc) is 3.58. The van der Waals surface area contributed by atoms with Gasteiger partial charge in [-0.2, -0.15) is 0 Å². The lowest BCUT2D eigenvalue weighted by Crippen LogP contribution is -2.28. The summed E-state index contributed by atoms with van der Waals surface area (Å²) in [6.45, 7) is 0. The van der Waals surface area contributed by atoms with Crippen molar-refractivity contribution in [3.63, 3.8) is 0 Å². The Labute approximate surface area is 329 Å². The Hall–Kier alpha value is -6.19. The third kappa shape index (κ3) is 5.21. The fourth-order valence-corrected chi connectivity index (χ4v) is 10.3. The maximum absolute atomic E-state index is 5.07. The van der Waals surface area contributed by atoms with Crippen LogP contribution in [0, 0.1) is 0 Å². The highest BCUT2D eigenvalue weighted by atomic mass is 15.0. The molecule has 1 aromatic heterocycles. The Kier molecular flexibility index (Phi) is 8.01. The molecule has 0 fully saturated rings. The zero-order chi connectivity index (χ0) is 37.1. The lowest BCUT2D eigenvalue weighted by atomic mass is 9.66. The van der Waals surface area contributed by atoms with E-state index in [1.54, 1.807) is 11.1 Å². The minimum Gasteiger partial charge on any atom is -0.208 e. The number of aromatic nitrogens is 3. The van der Waals surface area contributed by atoms with Gasteiger partial charge in [-0.05, 0) is 130 Å². The van der Waals surface area contributed by atoms with Gasteiger partial charge in [0.2, 0.25) is 0 Å². The fourth-order valence-electron chi connectivity index (χ4n) is 10.3. The quantitative estimate of drug-likeness (QED) is 0.178. The zero-order valence-corrected chi connectivity index (χ0v) is 31.6. The first-order chi connectivity index (χ1) is 27.8. The lowest BCUT2D eigenvalue weighted by Gasteiger charge is -2.35. The smallest absolute Gasteiger partial charge is 0.164 e. The molecule has 0 saturated carbocycles. The molecule has 11 rings (SSSR count). The van der Waals surface area contributed by atoms with E-state index in [1.165, 1.54) is 75.8 Å². The van der Waals surface area contributed by atoms with Gasteiger partial charge in [0.1, 0.15) is 0 Å². The number of hydrogen-bond acceptors (Lipinski definition) is 3. The van der Waals surface area contributed by atoms with E-state index in [4.69, 9.17) is 15.0 Å². The molecule has 0 saturated heterocycles. The molecule has 1 unspecified atom stereocenters. The fraction of sp³-hybridized carbons (Fsp3) is 0.189. The van der Waals surface area contributed by atoms with Crippen molar-refractivity contribution in [2.24, 2.45) is 0 Å². The van der Waals surface area contributed by atoms with Crippen LogP contribution in [0.4, 0.5) is 0 Å². The molecule has 0 N–H and O–H groups in total. The second kappa shape index (κ2) is 13.5. The molecule has 1 atom stereocenters. The maximum atomic E-state index is 5.07. The monoisotopic (exact) mass is 721 g/mol. The Morgan fingerprint density at radius 1 is 0.464 bits per heavy atom. The van der Waals surface area contributed by atoms with Crippen LogP contribution >= 0.6 is 0 Å². The number of fused-ring (bicyclic) bond motifs is 9. The molecule has 270 valence electrons. The van der Waals surface area contributed by atoms with Crippen molar-refractivity contribution in [3.8, 4) is 45.0 Å². The van der Waals surface area contributed by atoms with Crippen LogP contribution in [0.5, 0.6) is 0 Å². The molecular weight excluding hydrogens is 679 g/mol. The van der Waals surface area contributed by atoms with Crippen LogP contribution in [-0.2, 0) is 5.41 Å². The van der Waals surface area contributed by atoms with Crippen LogP contribution < -0.4 is 0 Å². The summed E-state index contributed by atoms with van der Waals surface area (Å²) in [5, 5.41) is 0. The van der Waals surface area contributed by atoms with Gasteiger partial charge in [0.05, 0.1) is 5.41 Å². The summed E-state index contributed by atoms with van der Waals surface area (Å²) < 4.78 is 0. The van der Waals surface area contributed by atoms with Gasteiger partial charge in [0.15, 0.2) is 17.5 Å². The second-order valence-electron chi connectivity index (χ2n) is 15.8. The van der Waals surface area contributed by atoms with Gasteiger partial charge in [-0.1, -0.05) is 146 Å². The van der Waals surface area contributed by atoms with Gasteiger partial charge in [-0.15, -0.1) is 0 Å². The van der Waals surface area contributed by atoms with Gasteiger partial charge in [-0.25, -0.2) is 15.0 Å². The highest BCUT2D eigenvalue weighted by Crippen LogP contribution is 2.67. The van der Waals surface area contributed by atoms with E-state index in [0.717, 1.165) is 60.2 Å². The first kappa shape index (κ1) is 33.2. The SMILES string of the molecule is C1=CC(c2nc(-c3ccccc3)nc(-c3cccc(-c4cccc(-c5cccc6c5C5(C7=CCCC=C76)C6=C(CCCCC6)c6ccccc65)c4)c3)n2)=CCC1. The van der Waals surface area contributed by atoms with E-state index in [2.05, 4.69) is 134 Å². The molecular formula is C53H43N3. The molecule has 0 amide bonds. The highest BCUT2D eigenvalue weighted by Gasteiger charge is 2.55. The molecule has 1 spiro atoms. The highest BCUT2D eigenvalue weighted by molar-refractivity contribution is 6.02. The summed E-state index contributed by atoms with van der Waals surface area (Å²) in [6.07, 6.45) is 22.1. The van der Waals surface area contributed by atoms with E-state index < -0.39 is 0 Å². The van der Waals surface area contributed by atoms with E-state index >= 15 is 0 Å². The molecule has 6 aromatic rings. The van der Waals surface area contributed by atoms with Gasteiger partial charge < -0.3 is 0 Å². The van der Waals surface area contributed by atoms with E-state index in [1.807, 2.05) is 18.2 Å². The summed E-state index contributed by atoms with van der Waals surface area (Å²) >= 11 is 0. The lowest BCUT2D eigenvalue weighted by molar-refractivity contribution is 0.657. The Morgan fingerprint density at radius 2 is 1.11 bits per heavy atom. The van der Waals surface area contributed by atoms with Crippen molar-refractivity contribution in [1.82, 2.24) is 15.0 Å². The maximum Gasteiger partial charge on any atom is 0.164 e. The molecule has 0 bridgehead atoms. The predicted molar refractivity (Wildman–Crippen MR) is 230 cm³/mol. The van der Waals surface area contributed by atoms with Gasteiger partial charge >= 0.3 is 0 Å². The third-order valence-electron chi connectivity index (χ3n) is 12.7. The summed E-state index contributed by atoms with van der Waals surface area (Å²) in [5.41, 5.74) is 19.8. The second-order valence-corrected chi connectivity index (χ2v) is 15.8. The van der Waals surface area contributed by atoms with E-state index in [9.17, 15) is 0 Å². The topological polar surface area (TPSA) is 38.7 Å². The minimum atomic E-state index is -0.236. The van der Waals surface area contributed by atoms with Gasteiger partial charge in [0, 0.05) is 16.7 Å². The van der Waals surface area contributed by atoms with Crippen LogP contribution in [0.1, 0.15) is 85.9 Å². The van der Waals surface area contributed by atoms with Crippen molar-refractivity contribution >= 4 is 16.7 Å². The number of nitrogens with zero attached hydrogens (tertiary/aromatic N) is 3. The molecule has 5 aromatic carbocycles. The van der Waals surface area contributed by atoms with Crippen LogP contribution in [0.3, 0.4) is 0 Å². The van der Waals surface area contributed by atoms with Crippen LogP contribution in [-0.4, -0.2) is 15.0 Å². The first-order valence-corrected chi connectivity index (χ1v) is 20.5. The average molecular weight is 722 g/mol. The van der Waals surface area contributed by atoms with Crippen molar-refractivity contribution in [2.45, 2.75) is 63.2 Å². The number of allylic oxidation sites excluding steroid dienone is 10. The number of hydrogen-bond donors (Lipinski definition) is 0. The Bertz CT molecular complexity index is 2720. The van der Waals surface area contributed by atoms with Crippen molar-refractivity contribution in [3.05, 3.63) is 191 Å². The van der Waals surface area contributed by atoms with E-state index in [-0.39, 0.29) is 5.41 Å². The molecule has 0 radical (unpaired) electrons. The zero-order valence-electron chi connectivity index (χ0n) is 31.6. The van der Waals surface area contributed by atoms with Gasteiger partial charge in [-0.3, -0.25) is 0 Å². The summed E-state index contributed by atoms with van der Waals surface area (Å²) in [4.78, 5) is 15.1. The molecule has 5 aliphatic carbocycles. The minimum absolute atomic E-state index is 0.236. The molecule has 3 heteroatoms. The van der Waals surface area contributed by atoms with Crippen molar-refractivity contribution in [2.75, 3.05) is 0 Å². The summed E-state index contributed by atoms with van der Waals surface area (Å²) in [7, 11) is 0. The van der Waals surface area contributed by atoms with E-state index in [0.29, 0.717) is 11.6 Å². The summed E-state index contributed by atoms with van der Waals surface area (Å²) in [6, 6.07) is 44.6. The number of rotatable bonds is 5. The van der Waals surface area contributed by atoms with Gasteiger partial charge in [0.25, 0.3) is 0 Å². The number of benzene rings is 5. The van der Waals surface area contributed by atoms with Crippen molar-refractivity contribution < 1.29 is 0 Å². The van der Waals surface area contributed by atoms with Crippen LogP contribution in [0.2, 0.25) is 0 Å². The molecule has 56 heavy (non-hydrogen) atoms. The Morgan fingerprint density at radius 3 is 1.96 bits per heavy atom. The standard InChI is InChI=1S/C53H43N3/c1-4-17-35(18-5-1)50-54-51(36-19-6-2-7-20-36)56-52(55-50)40-24-15-22-38(34-40)37-21-14-23-39(33-37)41-28-16-29-45-44-27-11-13-32-48(44)53(49(41)45)46-30-9-3-8-25-42(46)43-26-10-12-31-47(43)53/h1,4-6,10,12,14-24,26-29,31-34H,2-3,7-9,11,13,25,30H2. The molecule has 0 aliphatic heterocycles. The molecule has 3 nitrogen and oxygen atoms in total. The first-order valence-electron chi connectivity index (χ1n) is 20.5. The molecule has 1 heterocycles. The molecule has 5 aliphatic rings. The predicted octanol–water partition coefficient (Wildman–Crippen LogP) is 13.4.